The summed E-state index contributed by atoms with van der Waals surface area (Å²) in [6.45, 7) is 24.5. The van der Waals surface area contributed by atoms with Crippen LogP contribution >= 0.6 is 0 Å². The molecular formula is C51H76N8O9. The predicted molar refractivity (Wildman–Crippen MR) is 267 cm³/mol. The number of hydrogen-bond donors (Lipinski definition) is 4. The molecule has 5 N–H and O–H groups in total. The van der Waals surface area contributed by atoms with Gasteiger partial charge in [0.2, 0.25) is 0 Å². The van der Waals surface area contributed by atoms with Gasteiger partial charge in [-0.2, -0.15) is 0 Å². The summed E-state index contributed by atoms with van der Waals surface area (Å²) >= 11 is 0. The molecule has 0 atom stereocenters. The van der Waals surface area contributed by atoms with Gasteiger partial charge in [0.15, 0.2) is 6.61 Å². The average Bonchev–Trinajstić information content (AvgIpc) is 3.95. The molecule has 0 radical (unpaired) electrons. The van der Waals surface area contributed by atoms with Crippen molar-refractivity contribution >= 4 is 33.7 Å². The fourth-order valence-electron chi connectivity index (χ4n) is 7.68. The van der Waals surface area contributed by atoms with Crippen LogP contribution in [0.15, 0.2) is 48.5 Å². The van der Waals surface area contributed by atoms with E-state index in [-0.39, 0.29) is 23.3 Å². The van der Waals surface area contributed by atoms with E-state index < -0.39 is 0 Å². The van der Waals surface area contributed by atoms with Crippen LogP contribution in [0.5, 0.6) is 5.75 Å². The van der Waals surface area contributed by atoms with Crippen LogP contribution in [0.1, 0.15) is 52.7 Å². The van der Waals surface area contributed by atoms with Crippen molar-refractivity contribution < 1.29 is 42.7 Å². The van der Waals surface area contributed by atoms with Gasteiger partial charge >= 0.3 is 0 Å². The highest BCUT2D eigenvalue weighted by atomic mass is 16.6. The molecular weight excluding hydrogens is 869 g/mol. The molecule has 1 fully saturated rings. The van der Waals surface area contributed by atoms with Crippen LogP contribution in [0.3, 0.4) is 0 Å². The number of ether oxygens (including phenoxy) is 8. The highest BCUT2D eigenvalue weighted by molar-refractivity contribution is 5.87. The summed E-state index contributed by atoms with van der Waals surface area (Å²) in [7, 11) is 2.17. The van der Waals surface area contributed by atoms with Crippen molar-refractivity contribution in [3.63, 3.8) is 0 Å². The Hall–Kier alpha value is -4.69. The molecule has 1 aliphatic heterocycles. The summed E-state index contributed by atoms with van der Waals surface area (Å²) in [6, 6.07) is 17.0. The number of rotatable bonds is 29. The van der Waals surface area contributed by atoms with Crippen molar-refractivity contribution in [3.8, 4) is 28.5 Å². The van der Waals surface area contributed by atoms with Crippen LogP contribution < -0.4 is 20.7 Å². The number of carbonyl (C=O) groups is 1. The van der Waals surface area contributed by atoms with Crippen LogP contribution in [0.25, 0.3) is 44.8 Å². The number of amides is 1. The van der Waals surface area contributed by atoms with Gasteiger partial charge in [0, 0.05) is 67.2 Å². The average molecular weight is 945 g/mol. The lowest BCUT2D eigenvalue weighted by Gasteiger charge is -2.34. The third kappa shape index (κ3) is 16.2. The first-order chi connectivity index (χ1) is 32.8. The van der Waals surface area contributed by atoms with E-state index >= 15 is 0 Å². The predicted octanol–water partition coefficient (Wildman–Crippen LogP) is 5.69. The van der Waals surface area contributed by atoms with Gasteiger partial charge < -0.3 is 68.7 Å². The van der Waals surface area contributed by atoms with E-state index in [4.69, 9.17) is 53.6 Å². The van der Waals surface area contributed by atoms with Crippen LogP contribution in [0, 0.1) is 0 Å². The van der Waals surface area contributed by atoms with Crippen LogP contribution in [0.2, 0.25) is 0 Å². The maximum atomic E-state index is 13.0. The highest BCUT2D eigenvalue weighted by Crippen LogP contribution is 2.43. The molecule has 1 amide bonds. The number of benzene rings is 3. The number of piperazine rings is 1. The SMILES string of the molecule is CN1CCN(c2ccc3nc(-c4ccc5nc(-c6cc(C(C)(C)C)c(OCC(=O)NCCOCCOCCOCCOCCOCCOCCOCCN)c(C(C)(C)C)c6)[nH]c5c4)[nH]c3c2)CC1. The molecule has 68 heavy (non-hydrogen) atoms. The van der Waals surface area contributed by atoms with Crippen molar-refractivity contribution in [1.29, 1.82) is 0 Å². The number of imidazole rings is 2. The zero-order valence-corrected chi connectivity index (χ0v) is 41.5. The zero-order chi connectivity index (χ0) is 48.4. The molecule has 6 rings (SSSR count). The number of H-pyrrole nitrogens is 2. The number of carbonyl (C=O) groups excluding carboxylic acids is 1. The lowest BCUT2D eigenvalue weighted by atomic mass is 9.78. The monoisotopic (exact) mass is 945 g/mol. The highest BCUT2D eigenvalue weighted by Gasteiger charge is 2.29. The van der Waals surface area contributed by atoms with Crippen LogP contribution in [-0.2, 0) is 48.8 Å². The van der Waals surface area contributed by atoms with E-state index in [1.54, 1.807) is 0 Å². The first-order valence-electron chi connectivity index (χ1n) is 24.1. The second-order valence-electron chi connectivity index (χ2n) is 19.0. The lowest BCUT2D eigenvalue weighted by Crippen LogP contribution is -2.44. The number of nitrogens with two attached hydrogens (primary N) is 1. The molecule has 3 heterocycles. The Morgan fingerprint density at radius 3 is 1.56 bits per heavy atom. The lowest BCUT2D eigenvalue weighted by molar-refractivity contribution is -0.123. The summed E-state index contributed by atoms with van der Waals surface area (Å²) in [4.78, 5) is 35.0. The maximum absolute atomic E-state index is 13.0. The van der Waals surface area contributed by atoms with E-state index in [2.05, 4.69) is 116 Å². The van der Waals surface area contributed by atoms with Gasteiger partial charge in [0.1, 0.15) is 17.4 Å². The van der Waals surface area contributed by atoms with Gasteiger partial charge in [-0.05, 0) is 66.4 Å². The Morgan fingerprint density at radius 2 is 1.06 bits per heavy atom. The smallest absolute Gasteiger partial charge is 0.258 e. The van der Waals surface area contributed by atoms with Crippen molar-refractivity contribution in [2.75, 3.05) is 150 Å². The van der Waals surface area contributed by atoms with E-state index in [0.29, 0.717) is 106 Å². The van der Waals surface area contributed by atoms with Gasteiger partial charge in [-0.1, -0.05) is 41.5 Å². The largest absolute Gasteiger partial charge is 0.483 e. The Kier molecular flexibility index (Phi) is 20.4. The standard InChI is InChI=1S/C51H76N8O9/c1-50(2,3)40-32-38(49-55-42-10-8-37(34-44(42)56-49)48-54-43-11-9-39(35-45(43)57-48)59-16-14-58(7)15-17-59)33-41(51(4,5)6)47(40)68-36-46(60)53-13-19-62-21-23-64-25-27-66-29-31-67-30-28-65-26-24-63-22-20-61-18-12-52/h8-11,32-35H,12-31,36,52H2,1-7H3,(H,53,60)(H,54,57)(H,55,56). The minimum absolute atomic E-state index is 0.123. The van der Waals surface area contributed by atoms with E-state index in [1.165, 1.54) is 5.69 Å². The third-order valence-corrected chi connectivity index (χ3v) is 11.5. The quantitative estimate of drug-likeness (QED) is 0.0428. The maximum Gasteiger partial charge on any atom is 0.258 e. The molecule has 3 aromatic carbocycles. The number of nitrogens with one attached hydrogen (secondary N) is 3. The molecule has 0 aliphatic carbocycles. The summed E-state index contributed by atoms with van der Waals surface area (Å²) in [5, 5.41) is 2.92. The first kappa shape index (κ1) is 52.7. The molecule has 0 spiro atoms. The Bertz CT molecular complexity index is 2260. The molecule has 5 aromatic rings. The molecule has 374 valence electrons. The van der Waals surface area contributed by atoms with Crippen molar-refractivity contribution in [3.05, 3.63) is 59.7 Å². The molecule has 17 heteroatoms. The summed E-state index contributed by atoms with van der Waals surface area (Å²) in [5.74, 6) is 2.08. The second-order valence-corrected chi connectivity index (χ2v) is 19.0. The number of hydrogen-bond acceptors (Lipinski definition) is 14. The third-order valence-electron chi connectivity index (χ3n) is 11.5. The number of anilines is 1. The van der Waals surface area contributed by atoms with Crippen LogP contribution in [0.4, 0.5) is 5.69 Å². The molecule has 0 bridgehead atoms. The number of likely N-dealkylation sites (N-methyl/N-ethyl adjacent to an activating group) is 1. The second kappa shape index (κ2) is 26.3. The molecule has 1 aliphatic rings. The van der Waals surface area contributed by atoms with Crippen molar-refractivity contribution in [2.45, 2.75) is 52.4 Å². The van der Waals surface area contributed by atoms with Crippen LogP contribution in [-0.4, -0.2) is 176 Å². The van der Waals surface area contributed by atoms with Gasteiger partial charge in [-0.3, -0.25) is 4.79 Å². The minimum atomic E-state index is -0.295. The molecule has 1 saturated heterocycles. The summed E-state index contributed by atoms with van der Waals surface area (Å²) in [6.07, 6.45) is 0. The van der Waals surface area contributed by atoms with Gasteiger partial charge in [0.05, 0.1) is 115 Å². The first-order valence-corrected chi connectivity index (χ1v) is 24.1. The zero-order valence-electron chi connectivity index (χ0n) is 41.5. The van der Waals surface area contributed by atoms with Gasteiger partial charge in [-0.15, -0.1) is 0 Å². The Labute approximate surface area is 402 Å². The molecule has 0 saturated carbocycles. The minimum Gasteiger partial charge on any atom is -0.483 e. The van der Waals surface area contributed by atoms with E-state index in [9.17, 15) is 4.79 Å². The van der Waals surface area contributed by atoms with Gasteiger partial charge in [-0.25, -0.2) is 9.97 Å². The summed E-state index contributed by atoms with van der Waals surface area (Å²) < 4.78 is 44.8. The molecule has 2 aromatic heterocycles. The number of aromatic amines is 2. The fourth-order valence-corrected chi connectivity index (χ4v) is 7.68. The number of aromatic nitrogens is 4. The molecule has 17 nitrogen and oxygen atoms in total. The van der Waals surface area contributed by atoms with Crippen molar-refractivity contribution in [1.82, 2.24) is 30.2 Å². The van der Waals surface area contributed by atoms with E-state index in [1.807, 2.05) is 6.07 Å². The van der Waals surface area contributed by atoms with Crippen molar-refractivity contribution in [2.24, 2.45) is 5.73 Å². The Balaban J connectivity index is 0.919. The van der Waals surface area contributed by atoms with E-state index in [0.717, 1.165) is 87.9 Å². The molecule has 0 unspecified atom stereocenters. The summed E-state index contributed by atoms with van der Waals surface area (Å²) in [5.41, 5.74) is 13.7. The topological polar surface area (TPSA) is 193 Å². The normalized spacial score (nSPS) is 13.9. The fraction of sp³-hybridized carbons (Fsp3) is 0.588. The Morgan fingerprint density at radius 1 is 0.603 bits per heavy atom. The number of fused-ring (bicyclic) bond motifs is 2. The van der Waals surface area contributed by atoms with Gasteiger partial charge in [0.25, 0.3) is 5.91 Å². The number of nitrogens with zero attached hydrogens (tertiary/aromatic N) is 4.